The number of hydrogen-bond donors (Lipinski definition) is 1. The fourth-order valence-electron chi connectivity index (χ4n) is 2.01. The highest BCUT2D eigenvalue weighted by Crippen LogP contribution is 2.30. The number of hydrogen-bond acceptors (Lipinski definition) is 5. The van der Waals surface area contributed by atoms with Crippen LogP contribution in [0.5, 0.6) is 0 Å². The summed E-state index contributed by atoms with van der Waals surface area (Å²) in [7, 11) is 0. The number of carboxylic acid groups (broad SMARTS) is 1. The molecule has 0 amide bonds. The van der Waals surface area contributed by atoms with Gasteiger partial charge in [-0.25, -0.2) is 4.79 Å². The van der Waals surface area contributed by atoms with Crippen LogP contribution in [0, 0.1) is 0 Å². The average molecular weight is 312 g/mol. The summed E-state index contributed by atoms with van der Waals surface area (Å²) in [5.74, 6) is -3.28. The summed E-state index contributed by atoms with van der Waals surface area (Å²) in [4.78, 5) is 22.8. The van der Waals surface area contributed by atoms with Crippen molar-refractivity contribution in [3.05, 3.63) is 53.2 Å². The Hall–Kier alpha value is -2.77. The van der Waals surface area contributed by atoms with Gasteiger partial charge in [0.05, 0.1) is 11.5 Å². The summed E-state index contributed by atoms with van der Waals surface area (Å²) in [6.07, 6.45) is -4.09. The Labute approximate surface area is 122 Å². The highest BCUT2D eigenvalue weighted by Gasteiger charge is 2.36. The number of alkyl halides is 3. The van der Waals surface area contributed by atoms with Crippen LogP contribution in [0.15, 0.2) is 47.7 Å². The van der Waals surface area contributed by atoms with Gasteiger partial charge < -0.3 is 20.0 Å². The number of carbonyl (C=O) groups excluding carboxylic acids is 2. The average Bonchev–Trinajstić information content (AvgIpc) is 2.45. The second kappa shape index (κ2) is 5.92. The van der Waals surface area contributed by atoms with Gasteiger partial charge in [-0.3, -0.25) is 0 Å². The molecule has 1 aromatic rings. The van der Waals surface area contributed by atoms with Crippen LogP contribution in [0.25, 0.3) is 5.57 Å². The molecule has 1 aliphatic heterocycles. The minimum atomic E-state index is -5.16. The molecular formula is C14H9F3NO4-. The fourth-order valence-corrected chi connectivity index (χ4v) is 2.01. The molecule has 1 aromatic carbocycles. The van der Waals surface area contributed by atoms with Crippen molar-refractivity contribution in [2.24, 2.45) is 0 Å². The second-order valence-corrected chi connectivity index (χ2v) is 4.28. The molecule has 0 bridgehead atoms. The zero-order valence-corrected chi connectivity index (χ0v) is 10.9. The van der Waals surface area contributed by atoms with E-state index in [4.69, 9.17) is 0 Å². The van der Waals surface area contributed by atoms with Crippen LogP contribution in [-0.2, 0) is 14.3 Å². The maximum atomic E-state index is 12.2. The van der Waals surface area contributed by atoms with Gasteiger partial charge in [-0.2, -0.15) is 0 Å². The summed E-state index contributed by atoms with van der Waals surface area (Å²) in [6, 6.07) is 7.70. The molecule has 22 heavy (non-hydrogen) atoms. The van der Waals surface area contributed by atoms with Gasteiger partial charge in [-0.05, 0) is 5.56 Å². The molecule has 1 heterocycles. The maximum Gasteiger partial charge on any atom is 0.575 e. The van der Waals surface area contributed by atoms with Crippen LogP contribution in [0.4, 0.5) is 13.2 Å². The van der Waals surface area contributed by atoms with Gasteiger partial charge in [0.1, 0.15) is 0 Å². The smallest absolute Gasteiger partial charge is 0.545 e. The highest BCUT2D eigenvalue weighted by molar-refractivity contribution is 6.12. The molecule has 0 fully saturated rings. The highest BCUT2D eigenvalue weighted by atomic mass is 19.4. The van der Waals surface area contributed by atoms with Gasteiger partial charge in [0.25, 0.3) is 0 Å². The SMILES string of the molecule is O=C([O-])C1=CNCC(C(=O)OC(F)(F)F)=C1c1ccccc1. The Morgan fingerprint density at radius 2 is 1.82 bits per heavy atom. The molecule has 116 valence electrons. The van der Waals surface area contributed by atoms with Gasteiger partial charge >= 0.3 is 12.3 Å². The van der Waals surface area contributed by atoms with Crippen LogP contribution in [0.3, 0.4) is 0 Å². The Bertz CT molecular complexity index is 662. The first kappa shape index (κ1) is 15.6. The number of ether oxygens (including phenoxy) is 1. The zero-order chi connectivity index (χ0) is 16.3. The summed E-state index contributed by atoms with van der Waals surface area (Å²) >= 11 is 0. The number of rotatable bonds is 3. The van der Waals surface area contributed by atoms with Crippen LogP contribution >= 0.6 is 0 Å². The molecule has 0 radical (unpaired) electrons. The van der Waals surface area contributed by atoms with Crippen molar-refractivity contribution < 1.29 is 32.6 Å². The van der Waals surface area contributed by atoms with E-state index in [1.807, 2.05) is 0 Å². The summed E-state index contributed by atoms with van der Waals surface area (Å²) < 4.78 is 40.0. The predicted molar refractivity (Wildman–Crippen MR) is 66.6 cm³/mol. The van der Waals surface area contributed by atoms with E-state index >= 15 is 0 Å². The predicted octanol–water partition coefficient (Wildman–Crippen LogP) is 0.740. The minimum Gasteiger partial charge on any atom is -0.545 e. The lowest BCUT2D eigenvalue weighted by atomic mass is 9.91. The van der Waals surface area contributed by atoms with Gasteiger partial charge in [0.15, 0.2) is 0 Å². The number of aliphatic carboxylic acids is 1. The molecule has 2 rings (SSSR count). The quantitative estimate of drug-likeness (QED) is 0.833. The minimum absolute atomic E-state index is 0.159. The lowest BCUT2D eigenvalue weighted by Crippen LogP contribution is -2.33. The third-order valence-electron chi connectivity index (χ3n) is 2.83. The van der Waals surface area contributed by atoms with Crippen molar-refractivity contribution in [1.29, 1.82) is 0 Å². The van der Waals surface area contributed by atoms with E-state index in [9.17, 15) is 27.9 Å². The van der Waals surface area contributed by atoms with Gasteiger partial charge in [-0.1, -0.05) is 30.3 Å². The number of halogens is 3. The topological polar surface area (TPSA) is 78.5 Å². The number of carboxylic acids is 1. The van der Waals surface area contributed by atoms with E-state index in [1.54, 1.807) is 18.2 Å². The standard InChI is InChI=1S/C14H10F3NO4/c15-14(16,17)22-13(21)10-7-18-6-9(12(19)20)11(10)8-4-2-1-3-5-8/h1-6,18H,7H2,(H,19,20)/p-1. The number of carbonyl (C=O) groups is 2. The Morgan fingerprint density at radius 1 is 1.18 bits per heavy atom. The molecule has 0 unspecified atom stereocenters. The van der Waals surface area contributed by atoms with Gasteiger partial charge in [-0.15, -0.1) is 13.2 Å². The van der Waals surface area contributed by atoms with Crippen LogP contribution in [-0.4, -0.2) is 24.8 Å². The third-order valence-corrected chi connectivity index (χ3v) is 2.83. The van der Waals surface area contributed by atoms with E-state index in [0.29, 0.717) is 0 Å². The first-order valence-electron chi connectivity index (χ1n) is 6.03. The number of dihydropyridines is 1. The lowest BCUT2D eigenvalue weighted by Gasteiger charge is -2.23. The van der Waals surface area contributed by atoms with Crippen molar-refractivity contribution in [3.8, 4) is 0 Å². The number of benzene rings is 1. The summed E-state index contributed by atoms with van der Waals surface area (Å²) in [6.45, 7) is -0.296. The van der Waals surface area contributed by atoms with Gasteiger partial charge in [0, 0.05) is 23.9 Å². The van der Waals surface area contributed by atoms with Crippen LogP contribution in [0.1, 0.15) is 5.56 Å². The monoisotopic (exact) mass is 312 g/mol. The molecule has 0 saturated heterocycles. The molecule has 0 atom stereocenters. The van der Waals surface area contributed by atoms with Crippen LogP contribution < -0.4 is 10.4 Å². The molecule has 0 aliphatic carbocycles. The first-order valence-corrected chi connectivity index (χ1v) is 6.03. The number of esters is 1. The number of nitrogens with one attached hydrogen (secondary N) is 1. The molecule has 0 aromatic heterocycles. The molecule has 8 heteroatoms. The molecule has 5 nitrogen and oxygen atoms in total. The second-order valence-electron chi connectivity index (χ2n) is 4.28. The fraction of sp³-hybridized carbons (Fsp3) is 0.143. The summed E-state index contributed by atoms with van der Waals surface area (Å²) in [5.41, 5.74) is -0.751. The largest absolute Gasteiger partial charge is 0.575 e. The molecule has 1 N–H and O–H groups in total. The van der Waals surface area contributed by atoms with E-state index in [0.717, 1.165) is 6.20 Å². The Morgan fingerprint density at radius 3 is 2.36 bits per heavy atom. The molecular weight excluding hydrogens is 303 g/mol. The first-order chi connectivity index (χ1) is 10.3. The molecule has 0 saturated carbocycles. The summed E-state index contributed by atoms with van der Waals surface area (Å²) in [5, 5.41) is 13.6. The van der Waals surface area contributed by atoms with Crippen molar-refractivity contribution in [1.82, 2.24) is 5.32 Å². The van der Waals surface area contributed by atoms with E-state index in [1.165, 1.54) is 12.1 Å². The maximum absolute atomic E-state index is 12.2. The van der Waals surface area contributed by atoms with Crippen molar-refractivity contribution in [2.45, 2.75) is 6.36 Å². The van der Waals surface area contributed by atoms with E-state index in [-0.39, 0.29) is 17.7 Å². The van der Waals surface area contributed by atoms with Crippen molar-refractivity contribution >= 4 is 17.5 Å². The third kappa shape index (κ3) is 3.46. The van der Waals surface area contributed by atoms with E-state index < -0.39 is 29.4 Å². The van der Waals surface area contributed by atoms with Crippen molar-refractivity contribution in [2.75, 3.05) is 6.54 Å². The van der Waals surface area contributed by atoms with E-state index in [2.05, 4.69) is 10.1 Å². The van der Waals surface area contributed by atoms with Crippen LogP contribution in [0.2, 0.25) is 0 Å². The Kier molecular flexibility index (Phi) is 4.20. The van der Waals surface area contributed by atoms with Crippen molar-refractivity contribution in [3.63, 3.8) is 0 Å². The molecule has 0 spiro atoms. The normalized spacial score (nSPS) is 15.0. The zero-order valence-electron chi connectivity index (χ0n) is 10.9. The molecule has 1 aliphatic rings. The van der Waals surface area contributed by atoms with Gasteiger partial charge in [0.2, 0.25) is 0 Å². The lowest BCUT2D eigenvalue weighted by molar-refractivity contribution is -0.303. The Balaban J connectivity index is 2.55.